The molecule has 0 fully saturated rings. The van der Waals surface area contributed by atoms with Gasteiger partial charge in [0.2, 0.25) is 0 Å². The van der Waals surface area contributed by atoms with Gasteiger partial charge in [0.1, 0.15) is 0 Å². The van der Waals surface area contributed by atoms with Crippen LogP contribution >= 0.6 is 39.5 Å². The van der Waals surface area contributed by atoms with Crippen LogP contribution in [-0.4, -0.2) is 36.7 Å². The van der Waals surface area contributed by atoms with Crippen LogP contribution in [0, 0.1) is 0 Å². The number of hydrogen-bond acceptors (Lipinski definition) is 4. The topological polar surface area (TPSA) is 38.5 Å². The van der Waals surface area contributed by atoms with E-state index in [2.05, 4.69) is 33.0 Å². The van der Waals surface area contributed by atoms with E-state index >= 15 is 0 Å². The Morgan fingerprint density at radius 1 is 1.53 bits per heavy atom. The monoisotopic (exact) mass is 336 g/mol. The van der Waals surface area contributed by atoms with Gasteiger partial charge in [0.15, 0.2) is 0 Å². The van der Waals surface area contributed by atoms with Gasteiger partial charge in [0.05, 0.1) is 15.4 Å². The molecule has 0 aliphatic carbocycles. The molecule has 0 bridgehead atoms. The molecule has 0 aliphatic heterocycles. The molecule has 0 amide bonds. The predicted octanol–water partition coefficient (Wildman–Crippen LogP) is 2.64. The number of thiocarbonyl (C=S) groups is 1. The van der Waals surface area contributed by atoms with Gasteiger partial charge in [-0.3, -0.25) is 4.90 Å². The maximum absolute atomic E-state index is 5.54. The highest BCUT2D eigenvalue weighted by molar-refractivity contribution is 9.11. The highest BCUT2D eigenvalue weighted by Crippen LogP contribution is 2.23. The summed E-state index contributed by atoms with van der Waals surface area (Å²) < 4.78 is 6.27. The van der Waals surface area contributed by atoms with Crippen LogP contribution in [0.2, 0.25) is 0 Å². The molecule has 0 saturated heterocycles. The van der Waals surface area contributed by atoms with Gasteiger partial charge in [-0.1, -0.05) is 12.2 Å². The number of ether oxygens (including phenoxy) is 1. The molecule has 1 rings (SSSR count). The van der Waals surface area contributed by atoms with E-state index in [1.54, 1.807) is 18.4 Å². The summed E-state index contributed by atoms with van der Waals surface area (Å²) in [4.78, 5) is 4.21. The van der Waals surface area contributed by atoms with Gasteiger partial charge >= 0.3 is 0 Å². The Kier molecular flexibility index (Phi) is 7.22. The number of thiophene rings is 1. The fourth-order valence-electron chi connectivity index (χ4n) is 1.42. The molecule has 0 atom stereocenters. The van der Waals surface area contributed by atoms with Gasteiger partial charge in [-0.05, 0) is 28.1 Å². The summed E-state index contributed by atoms with van der Waals surface area (Å²) >= 11 is 10.1. The van der Waals surface area contributed by atoms with Crippen molar-refractivity contribution in [1.29, 1.82) is 0 Å². The molecule has 0 spiro atoms. The summed E-state index contributed by atoms with van der Waals surface area (Å²) in [7, 11) is 1.72. The molecule has 0 aliphatic rings. The second-order valence-electron chi connectivity index (χ2n) is 3.69. The van der Waals surface area contributed by atoms with Gasteiger partial charge in [-0.2, -0.15) is 0 Å². The first-order chi connectivity index (χ1) is 8.11. The lowest BCUT2D eigenvalue weighted by atomic mass is 10.3. The molecule has 2 N–H and O–H groups in total. The lowest BCUT2D eigenvalue weighted by molar-refractivity contribution is 0.146. The number of rotatable bonds is 8. The van der Waals surface area contributed by atoms with Crippen LogP contribution in [0.25, 0.3) is 0 Å². The summed E-state index contributed by atoms with van der Waals surface area (Å²) in [5.41, 5.74) is 5.54. The van der Waals surface area contributed by atoms with Crippen molar-refractivity contribution in [2.75, 3.05) is 26.8 Å². The molecule has 1 aromatic rings. The minimum Gasteiger partial charge on any atom is -0.393 e. The molecule has 6 heteroatoms. The van der Waals surface area contributed by atoms with Crippen LogP contribution in [0.5, 0.6) is 0 Å². The molecular formula is C11H17BrN2OS2. The van der Waals surface area contributed by atoms with Crippen LogP contribution in [0.15, 0.2) is 15.9 Å². The Hall–Kier alpha value is -0.0100. The van der Waals surface area contributed by atoms with Crippen molar-refractivity contribution in [3.63, 3.8) is 0 Å². The van der Waals surface area contributed by atoms with E-state index < -0.39 is 0 Å². The zero-order valence-corrected chi connectivity index (χ0v) is 13.0. The molecular weight excluding hydrogens is 320 g/mol. The first kappa shape index (κ1) is 15.0. The zero-order chi connectivity index (χ0) is 12.7. The van der Waals surface area contributed by atoms with Gasteiger partial charge in [0.25, 0.3) is 0 Å². The van der Waals surface area contributed by atoms with Crippen molar-refractivity contribution < 1.29 is 4.74 Å². The van der Waals surface area contributed by atoms with Gasteiger partial charge < -0.3 is 10.5 Å². The molecule has 0 saturated carbocycles. The number of halogens is 1. The second kappa shape index (κ2) is 8.16. The van der Waals surface area contributed by atoms with Gasteiger partial charge in [-0.25, -0.2) is 0 Å². The molecule has 1 heterocycles. The maximum Gasteiger partial charge on any atom is 0.0740 e. The lowest BCUT2D eigenvalue weighted by Crippen LogP contribution is -2.30. The number of hydrogen-bond donors (Lipinski definition) is 1. The highest BCUT2D eigenvalue weighted by atomic mass is 79.9. The number of nitrogens with two attached hydrogens (primary N) is 1. The molecule has 96 valence electrons. The van der Waals surface area contributed by atoms with Crippen molar-refractivity contribution >= 4 is 44.5 Å². The average molecular weight is 337 g/mol. The van der Waals surface area contributed by atoms with Crippen LogP contribution in [0.3, 0.4) is 0 Å². The first-order valence-electron chi connectivity index (χ1n) is 5.35. The van der Waals surface area contributed by atoms with Crippen molar-refractivity contribution in [3.8, 4) is 0 Å². The zero-order valence-electron chi connectivity index (χ0n) is 9.82. The molecule has 0 unspecified atom stereocenters. The summed E-state index contributed by atoms with van der Waals surface area (Å²) in [5.74, 6) is 0. The van der Waals surface area contributed by atoms with Crippen LogP contribution in [0.4, 0.5) is 0 Å². The van der Waals surface area contributed by atoms with Crippen molar-refractivity contribution in [2.24, 2.45) is 5.73 Å². The Labute approximate surface area is 120 Å². The second-order valence-corrected chi connectivity index (χ2v) is 6.76. The number of methoxy groups -OCH3 is 1. The Bertz CT molecular complexity index is 357. The largest absolute Gasteiger partial charge is 0.393 e. The summed E-state index contributed by atoms with van der Waals surface area (Å²) in [6.45, 7) is 3.43. The molecule has 3 nitrogen and oxygen atoms in total. The molecule has 0 aromatic carbocycles. The van der Waals surface area contributed by atoms with Crippen molar-refractivity contribution in [1.82, 2.24) is 4.90 Å². The number of nitrogens with zero attached hydrogens (tertiary/aromatic N) is 1. The van der Waals surface area contributed by atoms with E-state index in [0.717, 1.165) is 36.4 Å². The van der Waals surface area contributed by atoms with Crippen LogP contribution in [0.1, 0.15) is 11.3 Å². The SMILES string of the molecule is COCCN(CCC(N)=S)Cc1ccc(Br)s1. The quantitative estimate of drug-likeness (QED) is 0.740. The van der Waals surface area contributed by atoms with E-state index in [-0.39, 0.29) is 0 Å². The van der Waals surface area contributed by atoms with Crippen molar-refractivity contribution in [2.45, 2.75) is 13.0 Å². The Morgan fingerprint density at radius 2 is 2.29 bits per heavy atom. The van der Waals surface area contributed by atoms with E-state index in [0.29, 0.717) is 4.99 Å². The van der Waals surface area contributed by atoms with E-state index in [1.807, 2.05) is 0 Å². The molecule has 0 radical (unpaired) electrons. The van der Waals surface area contributed by atoms with Crippen molar-refractivity contribution in [3.05, 3.63) is 20.8 Å². The van der Waals surface area contributed by atoms with E-state index in [1.165, 1.54) is 4.88 Å². The Balaban J connectivity index is 2.47. The third-order valence-electron chi connectivity index (χ3n) is 2.29. The minimum absolute atomic E-state index is 0.569. The highest BCUT2D eigenvalue weighted by Gasteiger charge is 2.08. The van der Waals surface area contributed by atoms with Crippen LogP contribution < -0.4 is 5.73 Å². The lowest BCUT2D eigenvalue weighted by Gasteiger charge is -2.20. The fraction of sp³-hybridized carbons (Fsp3) is 0.545. The van der Waals surface area contributed by atoms with Crippen LogP contribution in [-0.2, 0) is 11.3 Å². The van der Waals surface area contributed by atoms with Gasteiger partial charge in [0, 0.05) is 38.0 Å². The third kappa shape index (κ3) is 6.47. The first-order valence-corrected chi connectivity index (χ1v) is 7.37. The third-order valence-corrected chi connectivity index (χ3v) is 4.11. The molecule has 17 heavy (non-hydrogen) atoms. The summed E-state index contributed by atoms with van der Waals surface area (Å²) in [5, 5.41) is 0. The Morgan fingerprint density at radius 3 is 2.82 bits per heavy atom. The normalized spacial score (nSPS) is 11.0. The maximum atomic E-state index is 5.54. The van der Waals surface area contributed by atoms with Gasteiger partial charge in [-0.15, -0.1) is 11.3 Å². The standard InChI is InChI=1S/C11H17BrN2OS2/c1-15-7-6-14(5-4-11(13)16)8-9-2-3-10(12)17-9/h2-3H,4-8H2,1H3,(H2,13,16). The molecule has 1 aromatic heterocycles. The summed E-state index contributed by atoms with van der Waals surface area (Å²) in [6, 6.07) is 4.21. The summed E-state index contributed by atoms with van der Waals surface area (Å²) in [6.07, 6.45) is 0.756. The smallest absolute Gasteiger partial charge is 0.0740 e. The minimum atomic E-state index is 0.569. The average Bonchev–Trinajstić information content (AvgIpc) is 2.68. The fourth-order valence-corrected chi connectivity index (χ4v) is 3.03. The van der Waals surface area contributed by atoms with E-state index in [4.69, 9.17) is 22.7 Å². The predicted molar refractivity (Wildman–Crippen MR) is 80.6 cm³/mol. The van der Waals surface area contributed by atoms with E-state index in [9.17, 15) is 0 Å².